The SMILES string of the molecule is CC(C)(C)C12ON=C(c3c(Cl)cccc3Cl)C1C(=O)c1ccccc1C2=O. The lowest BCUT2D eigenvalue weighted by Crippen LogP contribution is -2.61. The average molecular weight is 402 g/mol. The Morgan fingerprint density at radius 3 is 2.15 bits per heavy atom. The predicted molar refractivity (Wildman–Crippen MR) is 105 cm³/mol. The molecule has 6 heteroatoms. The minimum atomic E-state index is -1.45. The van der Waals surface area contributed by atoms with E-state index in [0.29, 0.717) is 32.4 Å². The number of halogens is 2. The number of fused-ring (bicyclic) bond motifs is 2. The topological polar surface area (TPSA) is 55.7 Å². The van der Waals surface area contributed by atoms with Crippen LogP contribution in [0.2, 0.25) is 10.0 Å². The molecule has 0 aromatic heterocycles. The average Bonchev–Trinajstić information content (AvgIpc) is 3.01. The maximum Gasteiger partial charge on any atom is 0.220 e. The predicted octanol–water partition coefficient (Wildman–Crippen LogP) is 5.21. The Bertz CT molecular complexity index is 1000. The molecule has 4 nitrogen and oxygen atoms in total. The fourth-order valence-corrected chi connectivity index (χ4v) is 4.59. The van der Waals surface area contributed by atoms with Crippen molar-refractivity contribution in [3.8, 4) is 0 Å². The normalized spacial score (nSPS) is 24.2. The molecular weight excluding hydrogens is 385 g/mol. The highest BCUT2D eigenvalue weighted by Gasteiger charge is 2.67. The van der Waals surface area contributed by atoms with Gasteiger partial charge in [-0.05, 0) is 12.1 Å². The second kappa shape index (κ2) is 5.91. The molecule has 0 spiro atoms. The summed E-state index contributed by atoms with van der Waals surface area (Å²) in [6, 6.07) is 11.8. The molecule has 138 valence electrons. The van der Waals surface area contributed by atoms with E-state index in [1.165, 1.54) is 0 Å². The van der Waals surface area contributed by atoms with Crippen molar-refractivity contribution in [2.45, 2.75) is 26.4 Å². The van der Waals surface area contributed by atoms with Gasteiger partial charge in [-0.15, -0.1) is 0 Å². The van der Waals surface area contributed by atoms with Crippen molar-refractivity contribution in [2.75, 3.05) is 0 Å². The smallest absolute Gasteiger partial charge is 0.220 e. The molecule has 1 aliphatic heterocycles. The first kappa shape index (κ1) is 18.2. The number of nitrogens with zero attached hydrogens (tertiary/aromatic N) is 1. The molecule has 2 aromatic carbocycles. The van der Waals surface area contributed by atoms with Gasteiger partial charge in [-0.3, -0.25) is 9.59 Å². The molecule has 0 bridgehead atoms. The minimum Gasteiger partial charge on any atom is -0.379 e. The van der Waals surface area contributed by atoms with Gasteiger partial charge >= 0.3 is 0 Å². The summed E-state index contributed by atoms with van der Waals surface area (Å²) >= 11 is 12.7. The van der Waals surface area contributed by atoms with Crippen molar-refractivity contribution in [1.29, 1.82) is 0 Å². The molecular formula is C21H17Cl2NO3. The molecule has 0 fully saturated rings. The van der Waals surface area contributed by atoms with Gasteiger partial charge in [0.15, 0.2) is 5.78 Å². The van der Waals surface area contributed by atoms with Crippen LogP contribution >= 0.6 is 23.2 Å². The molecule has 4 rings (SSSR count). The number of hydrogen-bond donors (Lipinski definition) is 0. The van der Waals surface area contributed by atoms with E-state index in [4.69, 9.17) is 28.0 Å². The van der Waals surface area contributed by atoms with E-state index in [2.05, 4.69) is 5.16 Å². The van der Waals surface area contributed by atoms with Gasteiger partial charge in [0.1, 0.15) is 11.6 Å². The number of carbonyl (C=O) groups excluding carboxylic acids is 2. The molecule has 1 aliphatic carbocycles. The fourth-order valence-electron chi connectivity index (χ4n) is 4.00. The fraction of sp³-hybridized carbons (Fsp3) is 0.286. The van der Waals surface area contributed by atoms with E-state index < -0.39 is 16.9 Å². The molecule has 0 saturated heterocycles. The van der Waals surface area contributed by atoms with Crippen LogP contribution in [0.25, 0.3) is 0 Å². The summed E-state index contributed by atoms with van der Waals surface area (Å²) in [5, 5.41) is 4.91. The van der Waals surface area contributed by atoms with Crippen LogP contribution in [0.15, 0.2) is 47.6 Å². The second-order valence-electron chi connectivity index (χ2n) is 7.82. The van der Waals surface area contributed by atoms with Crippen molar-refractivity contribution >= 4 is 40.5 Å². The molecule has 0 radical (unpaired) electrons. The van der Waals surface area contributed by atoms with Gasteiger partial charge in [0.05, 0.1) is 10.0 Å². The van der Waals surface area contributed by atoms with Crippen LogP contribution in [-0.4, -0.2) is 22.9 Å². The van der Waals surface area contributed by atoms with Crippen LogP contribution in [0.4, 0.5) is 0 Å². The van der Waals surface area contributed by atoms with E-state index in [1.807, 2.05) is 20.8 Å². The lowest BCUT2D eigenvalue weighted by Gasteiger charge is -2.44. The monoisotopic (exact) mass is 401 g/mol. The molecule has 0 amide bonds. The lowest BCUT2D eigenvalue weighted by atomic mass is 9.58. The van der Waals surface area contributed by atoms with Crippen molar-refractivity contribution < 1.29 is 14.4 Å². The number of benzene rings is 2. The zero-order valence-electron chi connectivity index (χ0n) is 15.0. The summed E-state index contributed by atoms with van der Waals surface area (Å²) < 4.78 is 0. The second-order valence-corrected chi connectivity index (χ2v) is 8.64. The third-order valence-corrected chi connectivity index (χ3v) is 5.97. The number of Topliss-reactive ketones (excluding diaryl/α,β-unsaturated/α-hetero) is 2. The van der Waals surface area contributed by atoms with Crippen molar-refractivity contribution in [2.24, 2.45) is 16.5 Å². The third kappa shape index (κ3) is 2.33. The van der Waals surface area contributed by atoms with Crippen LogP contribution in [0.1, 0.15) is 47.1 Å². The first-order chi connectivity index (χ1) is 12.7. The summed E-state index contributed by atoms with van der Waals surface area (Å²) in [5.41, 5.74) is -0.692. The van der Waals surface area contributed by atoms with Crippen LogP contribution in [0.5, 0.6) is 0 Å². The van der Waals surface area contributed by atoms with Gasteiger partial charge in [0.2, 0.25) is 11.4 Å². The molecule has 2 unspecified atom stereocenters. The Labute approximate surface area is 167 Å². The Hall–Kier alpha value is -2.17. The molecule has 1 heterocycles. The highest BCUT2D eigenvalue weighted by Crippen LogP contribution is 2.52. The maximum atomic E-state index is 13.5. The zero-order chi connectivity index (χ0) is 19.6. The lowest BCUT2D eigenvalue weighted by molar-refractivity contribution is -0.0834. The maximum absolute atomic E-state index is 13.5. The van der Waals surface area contributed by atoms with Crippen LogP contribution in [0, 0.1) is 11.3 Å². The Kier molecular flexibility index (Phi) is 3.99. The summed E-state index contributed by atoms with van der Waals surface area (Å²) in [6.45, 7) is 5.60. The number of carbonyl (C=O) groups is 2. The van der Waals surface area contributed by atoms with E-state index in [0.717, 1.165) is 0 Å². The Morgan fingerprint density at radius 1 is 0.963 bits per heavy atom. The van der Waals surface area contributed by atoms with Gasteiger partial charge in [-0.1, -0.05) is 79.5 Å². The third-order valence-electron chi connectivity index (χ3n) is 5.34. The highest BCUT2D eigenvalue weighted by atomic mass is 35.5. The molecule has 0 N–H and O–H groups in total. The molecule has 2 atom stereocenters. The Balaban J connectivity index is 2.00. The zero-order valence-corrected chi connectivity index (χ0v) is 16.6. The van der Waals surface area contributed by atoms with Crippen LogP contribution in [0.3, 0.4) is 0 Å². The number of oxime groups is 1. The van der Waals surface area contributed by atoms with E-state index in [1.54, 1.807) is 42.5 Å². The van der Waals surface area contributed by atoms with Gasteiger partial charge < -0.3 is 4.84 Å². The Morgan fingerprint density at radius 2 is 1.56 bits per heavy atom. The van der Waals surface area contributed by atoms with Crippen LogP contribution in [-0.2, 0) is 4.84 Å². The van der Waals surface area contributed by atoms with Gasteiger partial charge in [-0.2, -0.15) is 0 Å². The molecule has 2 aliphatic rings. The largest absolute Gasteiger partial charge is 0.379 e. The van der Waals surface area contributed by atoms with Gasteiger partial charge in [-0.25, -0.2) is 0 Å². The first-order valence-electron chi connectivity index (χ1n) is 8.58. The van der Waals surface area contributed by atoms with E-state index in [9.17, 15) is 9.59 Å². The van der Waals surface area contributed by atoms with Gasteiger partial charge in [0.25, 0.3) is 0 Å². The van der Waals surface area contributed by atoms with Crippen LogP contribution < -0.4 is 0 Å². The number of rotatable bonds is 1. The van der Waals surface area contributed by atoms with Crippen molar-refractivity contribution in [3.05, 3.63) is 69.2 Å². The summed E-state index contributed by atoms with van der Waals surface area (Å²) in [4.78, 5) is 32.9. The van der Waals surface area contributed by atoms with Gasteiger partial charge in [0, 0.05) is 22.1 Å². The first-order valence-corrected chi connectivity index (χ1v) is 9.34. The minimum absolute atomic E-state index is 0.215. The summed E-state index contributed by atoms with van der Waals surface area (Å²) in [5.74, 6) is -1.39. The molecule has 0 saturated carbocycles. The quantitative estimate of drug-likeness (QED) is 0.658. The van der Waals surface area contributed by atoms with Crippen molar-refractivity contribution in [1.82, 2.24) is 0 Å². The number of ketones is 2. The summed E-state index contributed by atoms with van der Waals surface area (Å²) in [6.07, 6.45) is 0. The summed E-state index contributed by atoms with van der Waals surface area (Å²) in [7, 11) is 0. The van der Waals surface area contributed by atoms with E-state index in [-0.39, 0.29) is 11.6 Å². The highest BCUT2D eigenvalue weighted by molar-refractivity contribution is 6.42. The molecule has 27 heavy (non-hydrogen) atoms. The van der Waals surface area contributed by atoms with Crippen molar-refractivity contribution in [3.63, 3.8) is 0 Å². The standard InChI is InChI=1S/C21H17Cl2NO3/c1-20(2,3)21-16(18(25)11-7-4-5-8-12(11)19(21)26)17(24-27-21)15-13(22)9-6-10-14(15)23/h4-10,16H,1-3H3. The molecule has 2 aromatic rings. The van der Waals surface area contributed by atoms with E-state index >= 15 is 0 Å². The number of hydrogen-bond acceptors (Lipinski definition) is 4.